The van der Waals surface area contributed by atoms with Gasteiger partial charge < -0.3 is 20.3 Å². The zero-order chi connectivity index (χ0) is 18.8. The Hall–Kier alpha value is -2.71. The number of hydrogen-bond donors (Lipinski definition) is 1. The van der Waals surface area contributed by atoms with Gasteiger partial charge in [-0.15, -0.1) is 12.4 Å². The summed E-state index contributed by atoms with van der Waals surface area (Å²) in [5, 5.41) is 15.7. The summed E-state index contributed by atoms with van der Waals surface area (Å²) in [5.74, 6) is -0.108. The van der Waals surface area contributed by atoms with Crippen molar-refractivity contribution in [3.63, 3.8) is 0 Å². The number of para-hydroxylation sites is 1. The van der Waals surface area contributed by atoms with Crippen LogP contribution >= 0.6 is 12.4 Å². The molecule has 28 heavy (non-hydrogen) atoms. The SMILES string of the molecule is CN1CCc2nc3ccccc3c(NCCCn3ccnc3[N+](=O)[O-])c2C1.Cl. The second-order valence-electron chi connectivity index (χ2n) is 6.88. The van der Waals surface area contributed by atoms with Gasteiger partial charge in [0.05, 0.1) is 12.1 Å². The molecule has 148 valence electrons. The van der Waals surface area contributed by atoms with Crippen LogP contribution in [0.25, 0.3) is 10.9 Å². The van der Waals surface area contributed by atoms with Crippen molar-refractivity contribution < 1.29 is 4.92 Å². The molecule has 3 aromatic rings. The van der Waals surface area contributed by atoms with E-state index in [1.165, 1.54) is 17.5 Å². The van der Waals surface area contributed by atoms with Crippen LogP contribution in [0.2, 0.25) is 0 Å². The standard InChI is InChI=1S/C19H22N6O2.ClH/c1-23-11-7-17-15(13-23)18(14-5-2-3-6-16(14)22-17)20-8-4-10-24-12-9-21-19(24)25(26)27;/h2-3,5-6,9,12H,4,7-8,10-11,13H2,1H3,(H,20,22);1H. The van der Waals surface area contributed by atoms with Gasteiger partial charge in [-0.25, -0.2) is 4.57 Å². The Balaban J connectivity index is 0.00000225. The zero-order valence-electron chi connectivity index (χ0n) is 15.7. The normalized spacial score (nSPS) is 13.8. The number of pyridine rings is 1. The van der Waals surface area contributed by atoms with Crippen molar-refractivity contribution in [2.75, 3.05) is 25.5 Å². The average molecular weight is 403 g/mol. The number of anilines is 1. The van der Waals surface area contributed by atoms with Crippen LogP contribution in [0.1, 0.15) is 17.7 Å². The Kier molecular flexibility index (Phi) is 6.11. The van der Waals surface area contributed by atoms with Crippen LogP contribution in [0.15, 0.2) is 36.7 Å². The molecule has 1 aromatic carbocycles. The number of halogens is 1. The van der Waals surface area contributed by atoms with Gasteiger partial charge in [-0.1, -0.05) is 23.2 Å². The summed E-state index contributed by atoms with van der Waals surface area (Å²) in [6.07, 6.45) is 4.83. The van der Waals surface area contributed by atoms with Crippen LogP contribution in [-0.2, 0) is 19.5 Å². The average Bonchev–Trinajstić information content (AvgIpc) is 3.13. The molecule has 0 radical (unpaired) electrons. The lowest BCUT2D eigenvalue weighted by Gasteiger charge is -2.27. The quantitative estimate of drug-likeness (QED) is 0.386. The Bertz CT molecular complexity index is 990. The topological polar surface area (TPSA) is 89.1 Å². The molecular weight excluding hydrogens is 380 g/mol. The summed E-state index contributed by atoms with van der Waals surface area (Å²) in [4.78, 5) is 21.5. The lowest BCUT2D eigenvalue weighted by Crippen LogP contribution is -2.28. The lowest BCUT2D eigenvalue weighted by atomic mass is 10.00. The van der Waals surface area contributed by atoms with Gasteiger partial charge >= 0.3 is 5.95 Å². The van der Waals surface area contributed by atoms with Crippen LogP contribution in [0.4, 0.5) is 11.6 Å². The number of rotatable bonds is 6. The second-order valence-corrected chi connectivity index (χ2v) is 6.88. The summed E-state index contributed by atoms with van der Waals surface area (Å²) in [5.41, 5.74) is 4.58. The van der Waals surface area contributed by atoms with Crippen molar-refractivity contribution in [2.45, 2.75) is 25.9 Å². The van der Waals surface area contributed by atoms with Crippen LogP contribution < -0.4 is 5.32 Å². The number of nitrogens with one attached hydrogen (secondary N) is 1. The molecule has 1 N–H and O–H groups in total. The maximum Gasteiger partial charge on any atom is 0.434 e. The van der Waals surface area contributed by atoms with Crippen LogP contribution in [0.3, 0.4) is 0 Å². The molecule has 0 saturated heterocycles. The van der Waals surface area contributed by atoms with Gasteiger partial charge in [0.1, 0.15) is 12.4 Å². The van der Waals surface area contributed by atoms with E-state index < -0.39 is 4.92 Å². The summed E-state index contributed by atoms with van der Waals surface area (Å²) in [7, 11) is 2.13. The summed E-state index contributed by atoms with van der Waals surface area (Å²) >= 11 is 0. The molecule has 0 bridgehead atoms. The van der Waals surface area contributed by atoms with Crippen LogP contribution in [0, 0.1) is 10.1 Å². The van der Waals surface area contributed by atoms with Crippen molar-refractivity contribution in [1.82, 2.24) is 19.4 Å². The first-order valence-electron chi connectivity index (χ1n) is 9.12. The van der Waals surface area contributed by atoms with E-state index in [2.05, 4.69) is 28.3 Å². The highest BCUT2D eigenvalue weighted by molar-refractivity contribution is 5.93. The van der Waals surface area contributed by atoms with E-state index in [9.17, 15) is 10.1 Å². The molecular formula is C19H23ClN6O2. The second kappa shape index (κ2) is 8.53. The first-order chi connectivity index (χ1) is 13.1. The van der Waals surface area contributed by atoms with Gasteiger partial charge in [0.15, 0.2) is 0 Å². The molecule has 0 atom stereocenters. The molecule has 2 aromatic heterocycles. The Labute approximate surface area is 169 Å². The van der Waals surface area contributed by atoms with Crippen molar-refractivity contribution in [1.29, 1.82) is 0 Å². The zero-order valence-corrected chi connectivity index (χ0v) is 16.5. The van der Waals surface area contributed by atoms with Gasteiger partial charge in [-0.3, -0.25) is 4.98 Å². The summed E-state index contributed by atoms with van der Waals surface area (Å²) < 4.78 is 1.58. The Morgan fingerprint density at radius 2 is 2.14 bits per heavy atom. The highest BCUT2D eigenvalue weighted by Gasteiger charge is 2.20. The van der Waals surface area contributed by atoms with E-state index >= 15 is 0 Å². The van der Waals surface area contributed by atoms with E-state index in [0.29, 0.717) is 6.54 Å². The highest BCUT2D eigenvalue weighted by Crippen LogP contribution is 2.31. The Morgan fingerprint density at radius 3 is 2.96 bits per heavy atom. The predicted octanol–water partition coefficient (Wildman–Crippen LogP) is 3.25. The van der Waals surface area contributed by atoms with Gasteiger partial charge in [0, 0.05) is 48.4 Å². The number of aromatic nitrogens is 3. The number of aryl methyl sites for hydroxylation is 1. The van der Waals surface area contributed by atoms with Crippen molar-refractivity contribution >= 4 is 34.9 Å². The number of hydrogen-bond acceptors (Lipinski definition) is 6. The fourth-order valence-corrected chi connectivity index (χ4v) is 3.64. The number of imidazole rings is 1. The van der Waals surface area contributed by atoms with Gasteiger partial charge in [-0.2, -0.15) is 0 Å². The maximum absolute atomic E-state index is 11.0. The Morgan fingerprint density at radius 1 is 1.32 bits per heavy atom. The fourth-order valence-electron chi connectivity index (χ4n) is 3.64. The predicted molar refractivity (Wildman–Crippen MR) is 111 cm³/mol. The van der Waals surface area contributed by atoms with Crippen molar-refractivity contribution in [2.24, 2.45) is 0 Å². The minimum absolute atomic E-state index is 0. The molecule has 0 unspecified atom stereocenters. The van der Waals surface area contributed by atoms with E-state index in [4.69, 9.17) is 4.98 Å². The van der Waals surface area contributed by atoms with E-state index in [-0.39, 0.29) is 18.4 Å². The number of fused-ring (bicyclic) bond motifs is 2. The molecule has 0 saturated carbocycles. The van der Waals surface area contributed by atoms with E-state index in [1.54, 1.807) is 10.8 Å². The summed E-state index contributed by atoms with van der Waals surface area (Å²) in [6.45, 7) is 3.17. The minimum atomic E-state index is -0.448. The number of nitro groups is 1. The van der Waals surface area contributed by atoms with Gasteiger partial charge in [-0.05, 0) is 24.5 Å². The van der Waals surface area contributed by atoms with Gasteiger partial charge in [0.2, 0.25) is 0 Å². The smallest absolute Gasteiger partial charge is 0.390 e. The van der Waals surface area contributed by atoms with E-state index in [0.717, 1.165) is 49.1 Å². The first-order valence-corrected chi connectivity index (χ1v) is 9.12. The molecule has 0 fully saturated rings. The largest absolute Gasteiger partial charge is 0.434 e. The molecule has 1 aliphatic heterocycles. The molecule has 4 rings (SSSR count). The van der Waals surface area contributed by atoms with Gasteiger partial charge in [0.25, 0.3) is 0 Å². The third kappa shape index (κ3) is 3.93. The molecule has 9 heteroatoms. The molecule has 0 aliphatic carbocycles. The van der Waals surface area contributed by atoms with Crippen LogP contribution in [-0.4, -0.2) is 44.5 Å². The number of likely N-dealkylation sites (N-methyl/N-ethyl adjacent to an activating group) is 1. The molecule has 3 heterocycles. The summed E-state index contributed by atoms with van der Waals surface area (Å²) in [6, 6.07) is 8.19. The molecule has 8 nitrogen and oxygen atoms in total. The fraction of sp³-hybridized carbons (Fsp3) is 0.368. The minimum Gasteiger partial charge on any atom is -0.390 e. The lowest BCUT2D eigenvalue weighted by molar-refractivity contribution is -0.396. The molecule has 0 spiro atoms. The van der Waals surface area contributed by atoms with Crippen LogP contribution in [0.5, 0.6) is 0 Å². The first kappa shape index (κ1) is 20.0. The molecule has 0 amide bonds. The van der Waals surface area contributed by atoms with E-state index in [1.807, 2.05) is 18.2 Å². The third-order valence-corrected chi connectivity index (χ3v) is 4.97. The third-order valence-electron chi connectivity index (χ3n) is 4.97. The number of benzene rings is 1. The maximum atomic E-state index is 11.0. The number of nitrogens with zero attached hydrogens (tertiary/aromatic N) is 5. The molecule has 1 aliphatic rings. The monoisotopic (exact) mass is 402 g/mol. The highest BCUT2D eigenvalue weighted by atomic mass is 35.5. The van der Waals surface area contributed by atoms with Crippen molar-refractivity contribution in [3.05, 3.63) is 58.0 Å². The van der Waals surface area contributed by atoms with Crippen molar-refractivity contribution in [3.8, 4) is 0 Å².